The quantitative estimate of drug-likeness (QED) is 0.823. The third-order valence-electron chi connectivity index (χ3n) is 7.39. The van der Waals surface area contributed by atoms with E-state index in [1.165, 1.54) is 36.8 Å². The van der Waals surface area contributed by atoms with Gasteiger partial charge in [-0.1, -0.05) is 6.07 Å². The zero-order valence-electron chi connectivity index (χ0n) is 13.4. The molecule has 0 bridgehead atoms. The van der Waals surface area contributed by atoms with E-state index in [2.05, 4.69) is 6.07 Å². The third-order valence-corrected chi connectivity index (χ3v) is 7.39. The van der Waals surface area contributed by atoms with E-state index in [-0.39, 0.29) is 0 Å². The first kappa shape index (κ1) is 14.3. The van der Waals surface area contributed by atoms with E-state index in [1.54, 1.807) is 0 Å². The molecule has 1 aromatic rings. The van der Waals surface area contributed by atoms with Crippen LogP contribution >= 0.6 is 0 Å². The number of fused-ring (bicyclic) bond motifs is 4. The Kier molecular flexibility index (Phi) is 3.07. The maximum atomic E-state index is 9.92. The van der Waals surface area contributed by atoms with Crippen molar-refractivity contribution in [3.63, 3.8) is 0 Å². The second-order valence-corrected chi connectivity index (χ2v) is 8.10. The van der Waals surface area contributed by atoms with Gasteiger partial charge in [-0.05, 0) is 73.1 Å². The summed E-state index contributed by atoms with van der Waals surface area (Å²) in [5.41, 5.74) is 3.16. The van der Waals surface area contributed by atoms with Crippen LogP contribution in [0.2, 0.25) is 0 Å². The van der Waals surface area contributed by atoms with Crippen molar-refractivity contribution in [1.29, 1.82) is 0 Å². The largest absolute Gasteiger partial charge is 0.508 e. The smallest absolute Gasteiger partial charge is 0.115 e. The Hall–Kier alpha value is -1.10. The monoisotopic (exact) mass is 315 g/mol. The second kappa shape index (κ2) is 4.95. The molecule has 23 heavy (non-hydrogen) atoms. The van der Waals surface area contributed by atoms with Crippen LogP contribution in [0.4, 0.5) is 0 Å². The molecule has 1 aliphatic heterocycles. The molecule has 0 aromatic heterocycles. The number of phenolic OH excluding ortho intramolecular Hbond substituents is 1. The minimum Gasteiger partial charge on any atom is -0.508 e. The van der Waals surface area contributed by atoms with Crippen LogP contribution in [0.25, 0.3) is 0 Å². The van der Waals surface area contributed by atoms with E-state index < -0.39 is 0 Å². The van der Waals surface area contributed by atoms with Crippen molar-refractivity contribution in [3.8, 4) is 5.75 Å². The molecule has 6 atom stereocenters. The van der Waals surface area contributed by atoms with Crippen LogP contribution in [0.15, 0.2) is 18.2 Å². The Morgan fingerprint density at radius 1 is 1.26 bits per heavy atom. The van der Waals surface area contributed by atoms with E-state index in [9.17, 15) is 5.11 Å². The van der Waals surface area contributed by atoms with Crippen LogP contribution < -0.4 is 5.90 Å². The molecule has 4 heteroatoms. The maximum absolute atomic E-state index is 9.92. The molecule has 2 saturated carbocycles. The lowest BCUT2D eigenvalue weighted by atomic mass is 9.52. The molecule has 1 heterocycles. The number of phenols is 1. The number of hydrogen-bond donors (Lipinski definition) is 2. The van der Waals surface area contributed by atoms with Crippen molar-refractivity contribution >= 4 is 0 Å². The highest BCUT2D eigenvalue weighted by Crippen LogP contribution is 2.66. The molecule has 124 valence electrons. The first-order valence-electron chi connectivity index (χ1n) is 8.99. The minimum absolute atomic E-state index is 0.304. The first-order valence-corrected chi connectivity index (χ1v) is 8.99. The molecule has 1 aromatic carbocycles. The van der Waals surface area contributed by atoms with Crippen LogP contribution in [0.3, 0.4) is 0 Å². The van der Waals surface area contributed by atoms with Gasteiger partial charge in [0.2, 0.25) is 0 Å². The molecule has 4 unspecified atom stereocenters. The number of rotatable bonds is 2. The Morgan fingerprint density at radius 2 is 2.17 bits per heavy atom. The topological polar surface area (TPSA) is 64.7 Å². The molecule has 3 N–H and O–H groups in total. The van der Waals surface area contributed by atoms with Gasteiger partial charge in [-0.3, -0.25) is 0 Å². The van der Waals surface area contributed by atoms with E-state index in [4.69, 9.17) is 15.5 Å². The molecule has 3 aliphatic carbocycles. The normalized spacial score (nSPS) is 43.8. The fourth-order valence-electron chi connectivity index (χ4n) is 6.43. The average Bonchev–Trinajstić information content (AvgIpc) is 2.79. The lowest BCUT2D eigenvalue weighted by molar-refractivity contribution is -0.210. The zero-order valence-corrected chi connectivity index (χ0v) is 13.4. The number of benzene rings is 1. The number of aromatic hydroxyl groups is 1. The molecule has 0 radical (unpaired) electrons. The van der Waals surface area contributed by atoms with Gasteiger partial charge in [0.05, 0.1) is 19.3 Å². The summed E-state index contributed by atoms with van der Waals surface area (Å²) in [6.07, 6.45) is 6.79. The first-order chi connectivity index (χ1) is 11.2. The average molecular weight is 315 g/mol. The van der Waals surface area contributed by atoms with Gasteiger partial charge in [0.1, 0.15) is 5.75 Å². The summed E-state index contributed by atoms with van der Waals surface area (Å²) in [6.45, 7) is 1.52. The van der Waals surface area contributed by atoms with Gasteiger partial charge in [0, 0.05) is 11.3 Å². The van der Waals surface area contributed by atoms with Crippen LogP contribution in [0.1, 0.15) is 55.1 Å². The van der Waals surface area contributed by atoms with Crippen molar-refractivity contribution in [3.05, 3.63) is 29.3 Å². The van der Waals surface area contributed by atoms with Gasteiger partial charge in [-0.15, -0.1) is 0 Å². The molecule has 1 saturated heterocycles. The highest BCUT2D eigenvalue weighted by atomic mass is 16.6. The highest BCUT2D eigenvalue weighted by molar-refractivity contribution is 5.42. The van der Waals surface area contributed by atoms with Gasteiger partial charge in [0.25, 0.3) is 0 Å². The van der Waals surface area contributed by atoms with Crippen molar-refractivity contribution in [2.45, 2.75) is 50.0 Å². The van der Waals surface area contributed by atoms with Crippen molar-refractivity contribution < 1.29 is 14.7 Å². The highest BCUT2D eigenvalue weighted by Gasteiger charge is 2.63. The fraction of sp³-hybridized carbons (Fsp3) is 0.684. The van der Waals surface area contributed by atoms with Gasteiger partial charge < -0.3 is 14.7 Å². The van der Waals surface area contributed by atoms with Crippen LogP contribution in [-0.4, -0.2) is 24.4 Å². The summed E-state index contributed by atoms with van der Waals surface area (Å²) in [5.74, 6) is 8.21. The molecule has 5 rings (SSSR count). The Morgan fingerprint density at radius 3 is 2.96 bits per heavy atom. The van der Waals surface area contributed by atoms with Gasteiger partial charge in [0.15, 0.2) is 0 Å². The van der Waals surface area contributed by atoms with Gasteiger partial charge >= 0.3 is 0 Å². The van der Waals surface area contributed by atoms with Crippen LogP contribution in [0, 0.1) is 17.3 Å². The SMILES string of the molecule is NOC[C@H]1CC2C3CCC4OCC43CC[C@@H]2c2ccc(O)cc21. The van der Waals surface area contributed by atoms with E-state index in [1.807, 2.05) is 12.1 Å². The summed E-state index contributed by atoms with van der Waals surface area (Å²) >= 11 is 0. The van der Waals surface area contributed by atoms with Crippen molar-refractivity contribution in [2.24, 2.45) is 23.1 Å². The Bertz CT molecular complexity index is 633. The van der Waals surface area contributed by atoms with E-state index in [0.29, 0.717) is 35.7 Å². The summed E-state index contributed by atoms with van der Waals surface area (Å²) in [6, 6.07) is 5.92. The van der Waals surface area contributed by atoms with Crippen LogP contribution in [-0.2, 0) is 9.57 Å². The number of hydrogen-bond acceptors (Lipinski definition) is 4. The summed E-state index contributed by atoms with van der Waals surface area (Å²) in [7, 11) is 0. The Balaban J connectivity index is 1.55. The van der Waals surface area contributed by atoms with Crippen molar-refractivity contribution in [2.75, 3.05) is 13.2 Å². The lowest BCUT2D eigenvalue weighted by Crippen LogP contribution is -2.56. The van der Waals surface area contributed by atoms with Gasteiger partial charge in [-0.2, -0.15) is 0 Å². The molecular formula is C19H25NO3. The summed E-state index contributed by atoms with van der Waals surface area (Å²) < 4.78 is 5.88. The predicted molar refractivity (Wildman–Crippen MR) is 86.0 cm³/mol. The minimum atomic E-state index is 0.304. The van der Waals surface area contributed by atoms with E-state index >= 15 is 0 Å². The van der Waals surface area contributed by atoms with Crippen LogP contribution in [0.5, 0.6) is 5.75 Å². The maximum Gasteiger partial charge on any atom is 0.115 e. The molecule has 3 fully saturated rings. The molecule has 1 spiro atoms. The molecule has 4 aliphatic rings. The number of ether oxygens (including phenoxy) is 1. The second-order valence-electron chi connectivity index (χ2n) is 8.10. The molecular weight excluding hydrogens is 290 g/mol. The predicted octanol–water partition coefficient (Wildman–Crippen LogP) is 3.06. The standard InChI is InChI=1S/C19H25NO3/c20-23-9-11-7-16-14(13-2-1-12(21)8-15(11)13)5-6-19-10-22-18(19)4-3-17(16)19/h1-2,8,11,14,16-18,21H,3-7,9-10,20H2/t11-,14-,16?,17?,18?,19?/m1/s1. The molecule has 4 nitrogen and oxygen atoms in total. The lowest BCUT2D eigenvalue weighted by Gasteiger charge is -2.57. The van der Waals surface area contributed by atoms with Crippen molar-refractivity contribution in [1.82, 2.24) is 0 Å². The number of nitrogens with two attached hydrogens (primary N) is 1. The molecule has 0 amide bonds. The zero-order chi connectivity index (χ0) is 15.6. The van der Waals surface area contributed by atoms with Gasteiger partial charge in [-0.25, -0.2) is 5.90 Å². The Labute approximate surface area is 136 Å². The fourth-order valence-corrected chi connectivity index (χ4v) is 6.43. The summed E-state index contributed by atoms with van der Waals surface area (Å²) in [5, 5.41) is 9.92. The summed E-state index contributed by atoms with van der Waals surface area (Å²) in [4.78, 5) is 5.02. The van der Waals surface area contributed by atoms with E-state index in [0.717, 1.165) is 24.9 Å². The third kappa shape index (κ3) is 1.83.